The molecule has 0 aromatic carbocycles. The number of carboxylic acid groups (broad SMARTS) is 1. The standard InChI is InChI=1S/C18H32N2O5S/c1-3-4-14-26(24,25)20-12-8-15(9-13-20)16(21)19(2)18(17(22)23)10-6-5-7-11-18/h15H,3-14H2,1-2H3,(H,22,23). The molecule has 1 N–H and O–H groups in total. The minimum absolute atomic E-state index is 0.153. The Bertz CT molecular complexity index is 605. The van der Waals surface area contributed by atoms with Gasteiger partial charge in [-0.1, -0.05) is 32.6 Å². The molecule has 0 aromatic heterocycles. The fourth-order valence-corrected chi connectivity index (χ4v) is 5.83. The molecule has 0 radical (unpaired) electrons. The number of carboxylic acids is 1. The van der Waals surface area contributed by atoms with Gasteiger partial charge >= 0.3 is 5.97 Å². The average Bonchev–Trinajstić information content (AvgIpc) is 2.65. The molecule has 1 saturated heterocycles. The molecule has 1 heterocycles. The molecule has 1 saturated carbocycles. The van der Waals surface area contributed by atoms with Crippen molar-refractivity contribution < 1.29 is 23.1 Å². The van der Waals surface area contributed by atoms with Crippen molar-refractivity contribution in [2.24, 2.45) is 5.92 Å². The molecular formula is C18H32N2O5S. The van der Waals surface area contributed by atoms with E-state index in [9.17, 15) is 23.1 Å². The fourth-order valence-electron chi connectivity index (χ4n) is 4.15. The lowest BCUT2D eigenvalue weighted by Gasteiger charge is -2.43. The van der Waals surface area contributed by atoms with Crippen LogP contribution < -0.4 is 0 Å². The van der Waals surface area contributed by atoms with Gasteiger partial charge in [-0.05, 0) is 32.1 Å². The summed E-state index contributed by atoms with van der Waals surface area (Å²) in [5.41, 5.74) is -1.10. The molecule has 2 fully saturated rings. The number of amides is 1. The van der Waals surface area contributed by atoms with Crippen LogP contribution in [-0.4, -0.2) is 66.0 Å². The van der Waals surface area contributed by atoms with Gasteiger partial charge in [-0.25, -0.2) is 17.5 Å². The minimum Gasteiger partial charge on any atom is -0.479 e. The maximum Gasteiger partial charge on any atom is 0.329 e. The molecule has 1 aliphatic heterocycles. The van der Waals surface area contributed by atoms with Gasteiger partial charge in [0.15, 0.2) is 0 Å². The van der Waals surface area contributed by atoms with Crippen LogP contribution in [0.15, 0.2) is 0 Å². The van der Waals surface area contributed by atoms with E-state index in [2.05, 4.69) is 0 Å². The Hall–Kier alpha value is -1.15. The van der Waals surface area contributed by atoms with Crippen LogP contribution in [0.4, 0.5) is 0 Å². The number of aliphatic carboxylic acids is 1. The van der Waals surface area contributed by atoms with Gasteiger partial charge in [0.25, 0.3) is 0 Å². The lowest BCUT2D eigenvalue weighted by Crippen LogP contribution is -2.58. The van der Waals surface area contributed by atoms with E-state index < -0.39 is 21.5 Å². The lowest BCUT2D eigenvalue weighted by atomic mass is 9.79. The molecule has 1 aliphatic carbocycles. The van der Waals surface area contributed by atoms with Crippen molar-refractivity contribution in [1.82, 2.24) is 9.21 Å². The SMILES string of the molecule is CCCCS(=O)(=O)N1CCC(C(=O)N(C)C2(C(=O)O)CCCCC2)CC1. The van der Waals surface area contributed by atoms with Crippen LogP contribution in [0, 0.1) is 5.92 Å². The van der Waals surface area contributed by atoms with Gasteiger partial charge in [0.1, 0.15) is 5.54 Å². The van der Waals surface area contributed by atoms with E-state index in [4.69, 9.17) is 0 Å². The van der Waals surface area contributed by atoms with Gasteiger partial charge in [-0.2, -0.15) is 0 Å². The van der Waals surface area contributed by atoms with Crippen molar-refractivity contribution in [3.8, 4) is 0 Å². The number of nitrogens with zero attached hydrogens (tertiary/aromatic N) is 2. The highest BCUT2D eigenvalue weighted by molar-refractivity contribution is 7.89. The topological polar surface area (TPSA) is 95.0 Å². The zero-order chi connectivity index (χ0) is 19.4. The van der Waals surface area contributed by atoms with Gasteiger partial charge in [0.05, 0.1) is 5.75 Å². The summed E-state index contributed by atoms with van der Waals surface area (Å²) in [7, 11) is -1.64. The first kappa shape index (κ1) is 21.2. The molecule has 2 aliphatic rings. The Morgan fingerprint density at radius 1 is 1.15 bits per heavy atom. The monoisotopic (exact) mass is 388 g/mol. The minimum atomic E-state index is -3.25. The number of hydrogen-bond acceptors (Lipinski definition) is 4. The molecule has 2 rings (SSSR count). The summed E-state index contributed by atoms with van der Waals surface area (Å²) >= 11 is 0. The third-order valence-electron chi connectivity index (χ3n) is 6.00. The molecule has 7 nitrogen and oxygen atoms in total. The number of carbonyl (C=O) groups is 2. The van der Waals surface area contributed by atoms with E-state index in [1.807, 2.05) is 6.92 Å². The van der Waals surface area contributed by atoms with Crippen LogP contribution in [0.3, 0.4) is 0 Å². The quantitative estimate of drug-likeness (QED) is 0.720. The second-order valence-corrected chi connectivity index (χ2v) is 9.73. The molecule has 0 spiro atoms. The summed E-state index contributed by atoms with van der Waals surface area (Å²) in [5.74, 6) is -1.22. The van der Waals surface area contributed by atoms with Crippen LogP contribution in [0.25, 0.3) is 0 Å². The van der Waals surface area contributed by atoms with Gasteiger partial charge in [-0.3, -0.25) is 4.79 Å². The largest absolute Gasteiger partial charge is 0.479 e. The van der Waals surface area contributed by atoms with Crippen molar-refractivity contribution in [3.05, 3.63) is 0 Å². The Balaban J connectivity index is 2.00. The molecule has 8 heteroatoms. The number of hydrogen-bond donors (Lipinski definition) is 1. The van der Waals surface area contributed by atoms with Crippen molar-refractivity contribution in [2.75, 3.05) is 25.9 Å². The third kappa shape index (κ3) is 4.39. The molecule has 26 heavy (non-hydrogen) atoms. The fraction of sp³-hybridized carbons (Fsp3) is 0.889. The van der Waals surface area contributed by atoms with Gasteiger partial charge in [0, 0.05) is 26.1 Å². The maximum absolute atomic E-state index is 12.9. The zero-order valence-corrected chi connectivity index (χ0v) is 16.8. The zero-order valence-electron chi connectivity index (χ0n) is 15.9. The normalized spacial score (nSPS) is 22.1. The average molecular weight is 389 g/mol. The van der Waals surface area contributed by atoms with E-state index in [0.29, 0.717) is 45.2 Å². The number of carbonyl (C=O) groups excluding carboxylic acids is 1. The Morgan fingerprint density at radius 3 is 2.23 bits per heavy atom. The summed E-state index contributed by atoms with van der Waals surface area (Å²) in [6.07, 6.45) is 6.03. The van der Waals surface area contributed by atoms with Crippen LogP contribution in [0.1, 0.15) is 64.7 Å². The summed E-state index contributed by atoms with van der Waals surface area (Å²) in [6.45, 7) is 2.65. The molecule has 0 atom stereocenters. The Morgan fingerprint density at radius 2 is 1.73 bits per heavy atom. The molecule has 0 aromatic rings. The van der Waals surface area contributed by atoms with Crippen LogP contribution in [0.5, 0.6) is 0 Å². The van der Waals surface area contributed by atoms with E-state index >= 15 is 0 Å². The first-order valence-electron chi connectivity index (χ1n) is 9.73. The van der Waals surface area contributed by atoms with Crippen molar-refractivity contribution in [3.63, 3.8) is 0 Å². The van der Waals surface area contributed by atoms with Crippen molar-refractivity contribution >= 4 is 21.9 Å². The maximum atomic E-state index is 12.9. The summed E-state index contributed by atoms with van der Waals surface area (Å²) < 4.78 is 26.1. The molecular weight excluding hydrogens is 356 g/mol. The lowest BCUT2D eigenvalue weighted by molar-refractivity contribution is -0.162. The Labute approximate surface area is 156 Å². The van der Waals surface area contributed by atoms with Crippen LogP contribution in [0.2, 0.25) is 0 Å². The molecule has 0 unspecified atom stereocenters. The highest BCUT2D eigenvalue weighted by Gasteiger charge is 2.47. The first-order valence-corrected chi connectivity index (χ1v) is 11.3. The van der Waals surface area contributed by atoms with Crippen molar-refractivity contribution in [2.45, 2.75) is 70.3 Å². The first-order chi connectivity index (χ1) is 12.2. The van der Waals surface area contributed by atoms with Gasteiger partial charge in [-0.15, -0.1) is 0 Å². The number of unbranched alkanes of at least 4 members (excludes halogenated alkanes) is 1. The molecule has 0 bridgehead atoms. The predicted molar refractivity (Wildman–Crippen MR) is 99.2 cm³/mol. The predicted octanol–water partition coefficient (Wildman–Crippen LogP) is 2.07. The molecule has 150 valence electrons. The smallest absolute Gasteiger partial charge is 0.329 e. The van der Waals surface area contributed by atoms with Crippen molar-refractivity contribution in [1.29, 1.82) is 0 Å². The number of sulfonamides is 1. The number of piperidine rings is 1. The van der Waals surface area contributed by atoms with E-state index in [1.54, 1.807) is 7.05 Å². The van der Waals surface area contributed by atoms with Crippen LogP contribution in [-0.2, 0) is 19.6 Å². The second-order valence-electron chi connectivity index (χ2n) is 7.64. The van der Waals surface area contributed by atoms with Gasteiger partial charge < -0.3 is 10.0 Å². The summed E-state index contributed by atoms with van der Waals surface area (Å²) in [6, 6.07) is 0. The number of likely N-dealkylation sites (N-methyl/N-ethyl adjacent to an activating group) is 1. The highest BCUT2D eigenvalue weighted by Crippen LogP contribution is 2.35. The van der Waals surface area contributed by atoms with E-state index in [1.165, 1.54) is 9.21 Å². The summed E-state index contributed by atoms with van der Waals surface area (Å²) in [4.78, 5) is 26.3. The third-order valence-corrected chi connectivity index (χ3v) is 7.96. The van der Waals surface area contributed by atoms with E-state index in [-0.39, 0.29) is 17.6 Å². The van der Waals surface area contributed by atoms with E-state index in [0.717, 1.165) is 25.7 Å². The Kier molecular flexibility index (Phi) is 7.07. The van der Waals surface area contributed by atoms with Crippen LogP contribution >= 0.6 is 0 Å². The number of rotatable bonds is 7. The molecule has 1 amide bonds. The second kappa shape index (κ2) is 8.69. The van der Waals surface area contributed by atoms with Gasteiger partial charge in [0.2, 0.25) is 15.9 Å². The summed E-state index contributed by atoms with van der Waals surface area (Å²) in [5, 5.41) is 9.76. The highest BCUT2D eigenvalue weighted by atomic mass is 32.2.